The third kappa shape index (κ3) is 4.01. The van der Waals surface area contributed by atoms with E-state index >= 15 is 0 Å². The second-order valence-electron chi connectivity index (χ2n) is 7.44. The van der Waals surface area contributed by atoms with Gasteiger partial charge in [-0.05, 0) is 43.3 Å². The highest BCUT2D eigenvalue weighted by molar-refractivity contribution is 6.13. The first kappa shape index (κ1) is 22.3. The Morgan fingerprint density at radius 2 is 1.88 bits per heavy atom. The molecule has 2 heterocycles. The number of methoxy groups -OCH3 is 1. The highest BCUT2D eigenvalue weighted by atomic mass is 19.4. The predicted molar refractivity (Wildman–Crippen MR) is 111 cm³/mol. The molecule has 1 atom stereocenters. The van der Waals surface area contributed by atoms with E-state index in [1.54, 1.807) is 6.92 Å². The number of amides is 2. The van der Waals surface area contributed by atoms with Crippen LogP contribution in [0.3, 0.4) is 0 Å². The van der Waals surface area contributed by atoms with Crippen LogP contribution >= 0.6 is 0 Å². The quantitative estimate of drug-likeness (QED) is 0.579. The van der Waals surface area contributed by atoms with Gasteiger partial charge in [-0.25, -0.2) is 4.39 Å². The van der Waals surface area contributed by atoms with Crippen LogP contribution < -0.4 is 15.0 Å². The minimum absolute atomic E-state index is 0.0531. The third-order valence-electron chi connectivity index (χ3n) is 5.28. The summed E-state index contributed by atoms with van der Waals surface area (Å²) in [6.07, 6.45) is -3.20. The molecule has 0 fully saturated rings. The Kier molecular flexibility index (Phi) is 5.56. The van der Waals surface area contributed by atoms with Crippen molar-refractivity contribution in [2.24, 2.45) is 0 Å². The Morgan fingerprint density at radius 3 is 2.52 bits per heavy atom. The molecule has 4 rings (SSSR count). The molecular formula is C22H18F4N4O3. The second-order valence-corrected chi connectivity index (χ2v) is 7.44. The van der Waals surface area contributed by atoms with Gasteiger partial charge in [0.2, 0.25) is 0 Å². The van der Waals surface area contributed by atoms with Crippen LogP contribution in [-0.2, 0) is 6.18 Å². The molecule has 1 aliphatic rings. The zero-order chi connectivity index (χ0) is 23.9. The largest absolute Gasteiger partial charge is 0.493 e. The molecule has 11 heteroatoms. The van der Waals surface area contributed by atoms with Gasteiger partial charge in [0.25, 0.3) is 11.8 Å². The van der Waals surface area contributed by atoms with Gasteiger partial charge < -0.3 is 15.0 Å². The molecule has 2 amide bonds. The van der Waals surface area contributed by atoms with Crippen LogP contribution in [0.4, 0.5) is 28.9 Å². The van der Waals surface area contributed by atoms with Crippen LogP contribution in [0.15, 0.2) is 48.7 Å². The first-order valence-electron chi connectivity index (χ1n) is 9.82. The van der Waals surface area contributed by atoms with E-state index in [9.17, 15) is 27.2 Å². The average Bonchev–Trinajstić information content (AvgIpc) is 3.20. The number of carbonyl (C=O) groups excluding carboxylic acids is 2. The zero-order valence-corrected chi connectivity index (χ0v) is 17.5. The number of rotatable bonds is 4. The molecule has 0 aliphatic carbocycles. The van der Waals surface area contributed by atoms with E-state index in [2.05, 4.69) is 10.4 Å². The van der Waals surface area contributed by atoms with Crippen molar-refractivity contribution in [1.82, 2.24) is 9.78 Å². The normalized spacial score (nSPS) is 15.9. The van der Waals surface area contributed by atoms with Gasteiger partial charge >= 0.3 is 6.18 Å². The fourth-order valence-corrected chi connectivity index (χ4v) is 3.69. The summed E-state index contributed by atoms with van der Waals surface area (Å²) in [4.78, 5) is 27.3. The molecule has 3 aromatic rings. The van der Waals surface area contributed by atoms with Crippen molar-refractivity contribution in [1.29, 1.82) is 0 Å². The highest BCUT2D eigenvalue weighted by Gasteiger charge is 2.35. The molecule has 1 aliphatic heterocycles. The zero-order valence-electron chi connectivity index (χ0n) is 17.5. The summed E-state index contributed by atoms with van der Waals surface area (Å²) < 4.78 is 59.0. The molecular weight excluding hydrogens is 444 g/mol. The maximum atomic E-state index is 14.0. The topological polar surface area (TPSA) is 76.5 Å². The van der Waals surface area contributed by atoms with Crippen LogP contribution in [0.1, 0.15) is 39.4 Å². The van der Waals surface area contributed by atoms with E-state index in [-0.39, 0.29) is 41.0 Å². The fourth-order valence-electron chi connectivity index (χ4n) is 3.69. The number of halogens is 4. The van der Waals surface area contributed by atoms with Crippen LogP contribution in [0.5, 0.6) is 5.75 Å². The Balaban J connectivity index is 1.65. The minimum atomic E-state index is -4.49. The van der Waals surface area contributed by atoms with Gasteiger partial charge in [0, 0.05) is 12.2 Å². The van der Waals surface area contributed by atoms with Gasteiger partial charge in [-0.15, -0.1) is 0 Å². The fraction of sp³-hybridized carbons (Fsp3) is 0.227. The smallest absolute Gasteiger partial charge is 0.416 e. The van der Waals surface area contributed by atoms with Gasteiger partial charge in [-0.1, -0.05) is 6.07 Å². The van der Waals surface area contributed by atoms with Crippen LogP contribution in [0, 0.1) is 5.82 Å². The number of benzene rings is 2. The number of ether oxygens (including phenoxy) is 1. The van der Waals surface area contributed by atoms with Crippen LogP contribution in [-0.4, -0.2) is 35.2 Å². The van der Waals surface area contributed by atoms with Crippen LogP contribution in [0.25, 0.3) is 0 Å². The Hall–Kier alpha value is -3.89. The molecule has 172 valence electrons. The molecule has 0 radical (unpaired) electrons. The van der Waals surface area contributed by atoms with Crippen molar-refractivity contribution in [3.63, 3.8) is 0 Å². The van der Waals surface area contributed by atoms with Crippen molar-refractivity contribution < 1.29 is 31.9 Å². The van der Waals surface area contributed by atoms with E-state index in [0.29, 0.717) is 0 Å². The molecule has 2 aromatic carbocycles. The lowest BCUT2D eigenvalue weighted by molar-refractivity contribution is -0.137. The summed E-state index contributed by atoms with van der Waals surface area (Å²) in [5.74, 6) is -2.23. The second kappa shape index (κ2) is 8.23. The van der Waals surface area contributed by atoms with Gasteiger partial charge in [0.1, 0.15) is 0 Å². The first-order valence-corrected chi connectivity index (χ1v) is 9.82. The van der Waals surface area contributed by atoms with Crippen molar-refractivity contribution in [3.05, 3.63) is 71.3 Å². The molecule has 1 N–H and O–H groups in total. The first-order chi connectivity index (χ1) is 15.6. The van der Waals surface area contributed by atoms with E-state index in [1.807, 2.05) is 0 Å². The summed E-state index contributed by atoms with van der Waals surface area (Å²) in [5.41, 5.74) is -0.493. The molecule has 0 saturated heterocycles. The SMILES string of the molecule is COc1c(F)cccc1C(=O)Nc1cnn2c1C(=O)N(c1ccc(C(F)(F)F)cc1)C[C@@H]2C. The van der Waals surface area contributed by atoms with E-state index < -0.39 is 29.4 Å². The number of alkyl halides is 3. The van der Waals surface area contributed by atoms with Crippen LogP contribution in [0.2, 0.25) is 0 Å². The monoisotopic (exact) mass is 462 g/mol. The van der Waals surface area contributed by atoms with Gasteiger partial charge in [-0.3, -0.25) is 14.3 Å². The van der Waals surface area contributed by atoms with Crippen molar-refractivity contribution >= 4 is 23.2 Å². The summed E-state index contributed by atoms with van der Waals surface area (Å²) in [7, 11) is 1.23. The number of anilines is 2. The van der Waals surface area contributed by atoms with E-state index in [1.165, 1.54) is 47.2 Å². The number of hydrogen-bond donors (Lipinski definition) is 1. The number of hydrogen-bond acceptors (Lipinski definition) is 4. The lowest BCUT2D eigenvalue weighted by atomic mass is 10.1. The average molecular weight is 462 g/mol. The van der Waals surface area contributed by atoms with E-state index in [0.717, 1.165) is 18.2 Å². The van der Waals surface area contributed by atoms with E-state index in [4.69, 9.17) is 4.74 Å². The maximum Gasteiger partial charge on any atom is 0.416 e. The number of nitrogens with zero attached hydrogens (tertiary/aromatic N) is 3. The minimum Gasteiger partial charge on any atom is -0.493 e. The highest BCUT2D eigenvalue weighted by Crippen LogP contribution is 2.34. The predicted octanol–water partition coefficient (Wildman–Crippen LogP) is 4.52. The summed E-state index contributed by atoms with van der Waals surface area (Å²) >= 11 is 0. The summed E-state index contributed by atoms with van der Waals surface area (Å²) in [6.45, 7) is 1.95. The summed E-state index contributed by atoms with van der Waals surface area (Å²) in [5, 5.41) is 6.72. The van der Waals surface area contributed by atoms with Crippen molar-refractivity contribution in [2.45, 2.75) is 19.1 Å². The Morgan fingerprint density at radius 1 is 1.18 bits per heavy atom. The number of para-hydroxylation sites is 1. The van der Waals surface area contributed by atoms with Crippen molar-refractivity contribution in [2.75, 3.05) is 23.9 Å². The molecule has 0 spiro atoms. The summed E-state index contributed by atoms with van der Waals surface area (Å²) in [6, 6.07) is 7.77. The molecule has 0 bridgehead atoms. The maximum absolute atomic E-state index is 14.0. The lowest BCUT2D eigenvalue weighted by Crippen LogP contribution is -2.43. The molecule has 0 unspecified atom stereocenters. The number of nitrogens with one attached hydrogen (secondary N) is 1. The molecule has 1 aromatic heterocycles. The number of carbonyl (C=O) groups is 2. The molecule has 33 heavy (non-hydrogen) atoms. The van der Waals surface area contributed by atoms with Gasteiger partial charge in [0.15, 0.2) is 17.3 Å². The lowest BCUT2D eigenvalue weighted by Gasteiger charge is -2.32. The van der Waals surface area contributed by atoms with Gasteiger partial charge in [-0.2, -0.15) is 18.3 Å². The molecule has 0 saturated carbocycles. The third-order valence-corrected chi connectivity index (χ3v) is 5.28. The number of aromatic nitrogens is 2. The molecule has 7 nitrogen and oxygen atoms in total. The standard InChI is InChI=1S/C22H18F4N4O3/c1-12-11-29(14-8-6-13(7-9-14)22(24,25)26)21(32)18-17(10-27-30(12)18)28-20(31)15-4-3-5-16(23)19(15)33-2/h3-10,12H,11H2,1-2H3,(H,28,31)/t12-/m0/s1. The van der Waals surface area contributed by atoms with Gasteiger partial charge in [0.05, 0.1) is 36.2 Å². The Bertz CT molecular complexity index is 1220. The van der Waals surface area contributed by atoms with Crippen molar-refractivity contribution in [3.8, 4) is 5.75 Å². The number of fused-ring (bicyclic) bond motifs is 1. The Labute approximate surface area is 185 Å².